The van der Waals surface area contributed by atoms with Gasteiger partial charge in [0, 0.05) is 17.5 Å². The number of anilines is 1. The largest absolute Gasteiger partial charge is 0.351 e. The highest BCUT2D eigenvalue weighted by molar-refractivity contribution is 7.90. The number of amides is 3. The molecule has 0 radical (unpaired) electrons. The molecule has 0 aliphatic rings. The molecule has 0 bridgehead atoms. The summed E-state index contributed by atoms with van der Waals surface area (Å²) in [5.41, 5.74) is 7.39. The van der Waals surface area contributed by atoms with Crippen molar-refractivity contribution in [3.8, 4) is 0 Å². The van der Waals surface area contributed by atoms with Gasteiger partial charge in [-0.1, -0.05) is 42.5 Å². The SMILES string of the molecule is CS(=O)(=O)c1cccc(C(NC(=O)c2ccc(NC(N)=O)cc2)c2ccccc2)c1. The third kappa shape index (κ3) is 5.24. The first-order valence-corrected chi connectivity index (χ1v) is 11.0. The molecule has 3 amide bonds. The predicted molar refractivity (Wildman–Crippen MR) is 115 cm³/mol. The molecule has 0 aromatic heterocycles. The molecule has 3 rings (SSSR count). The van der Waals surface area contributed by atoms with Crippen molar-refractivity contribution in [2.45, 2.75) is 10.9 Å². The molecule has 1 atom stereocenters. The maximum atomic E-state index is 12.9. The summed E-state index contributed by atoms with van der Waals surface area (Å²) in [4.78, 5) is 24.0. The molecule has 7 nitrogen and oxygen atoms in total. The number of benzene rings is 3. The van der Waals surface area contributed by atoms with E-state index in [2.05, 4.69) is 10.6 Å². The second-order valence-corrected chi connectivity index (χ2v) is 8.74. The number of hydrogen-bond acceptors (Lipinski definition) is 4. The Hall–Kier alpha value is -3.65. The molecule has 1 unspecified atom stereocenters. The Morgan fingerprint density at radius 3 is 2.10 bits per heavy atom. The van der Waals surface area contributed by atoms with Crippen molar-refractivity contribution < 1.29 is 18.0 Å². The smallest absolute Gasteiger partial charge is 0.316 e. The van der Waals surface area contributed by atoms with Crippen LogP contribution in [0, 0.1) is 0 Å². The second kappa shape index (κ2) is 8.79. The number of carbonyl (C=O) groups excluding carboxylic acids is 2. The highest BCUT2D eigenvalue weighted by atomic mass is 32.2. The lowest BCUT2D eigenvalue weighted by Gasteiger charge is -2.20. The Morgan fingerprint density at radius 1 is 0.867 bits per heavy atom. The molecule has 0 fully saturated rings. The number of nitrogens with one attached hydrogen (secondary N) is 2. The minimum atomic E-state index is -3.39. The van der Waals surface area contributed by atoms with Crippen molar-refractivity contribution in [1.82, 2.24) is 5.32 Å². The summed E-state index contributed by atoms with van der Waals surface area (Å²) >= 11 is 0. The lowest BCUT2D eigenvalue weighted by molar-refractivity contribution is 0.0943. The lowest BCUT2D eigenvalue weighted by Crippen LogP contribution is -2.29. The van der Waals surface area contributed by atoms with Gasteiger partial charge in [-0.25, -0.2) is 13.2 Å². The Kier molecular flexibility index (Phi) is 6.17. The summed E-state index contributed by atoms with van der Waals surface area (Å²) < 4.78 is 23.9. The van der Waals surface area contributed by atoms with Crippen molar-refractivity contribution in [2.24, 2.45) is 5.73 Å². The van der Waals surface area contributed by atoms with Gasteiger partial charge < -0.3 is 16.4 Å². The van der Waals surface area contributed by atoms with E-state index in [9.17, 15) is 18.0 Å². The minimum absolute atomic E-state index is 0.178. The van der Waals surface area contributed by atoms with E-state index in [0.717, 1.165) is 11.8 Å². The number of primary amides is 1. The fraction of sp³-hybridized carbons (Fsp3) is 0.0909. The molecular weight excluding hydrogens is 402 g/mol. The van der Waals surface area contributed by atoms with Crippen LogP contribution in [0.3, 0.4) is 0 Å². The van der Waals surface area contributed by atoms with E-state index in [1.54, 1.807) is 42.5 Å². The zero-order chi connectivity index (χ0) is 21.7. The minimum Gasteiger partial charge on any atom is -0.351 e. The van der Waals surface area contributed by atoms with Gasteiger partial charge in [0.05, 0.1) is 10.9 Å². The summed E-state index contributed by atoms with van der Waals surface area (Å²) in [5, 5.41) is 5.39. The van der Waals surface area contributed by atoms with Crippen LogP contribution in [0.2, 0.25) is 0 Å². The quantitative estimate of drug-likeness (QED) is 0.564. The molecule has 0 aliphatic carbocycles. The molecule has 0 heterocycles. The summed E-state index contributed by atoms with van der Waals surface area (Å²) in [6.45, 7) is 0. The van der Waals surface area contributed by atoms with Crippen LogP contribution in [-0.4, -0.2) is 26.6 Å². The van der Waals surface area contributed by atoms with Gasteiger partial charge in [0.15, 0.2) is 9.84 Å². The van der Waals surface area contributed by atoms with Crippen molar-refractivity contribution >= 4 is 27.5 Å². The van der Waals surface area contributed by atoms with E-state index >= 15 is 0 Å². The van der Waals surface area contributed by atoms with Crippen molar-refractivity contribution in [2.75, 3.05) is 11.6 Å². The zero-order valence-corrected chi connectivity index (χ0v) is 17.0. The molecule has 0 saturated heterocycles. The van der Waals surface area contributed by atoms with Crippen LogP contribution >= 0.6 is 0 Å². The third-order valence-electron chi connectivity index (χ3n) is 4.44. The maximum Gasteiger partial charge on any atom is 0.316 e. The molecule has 3 aromatic carbocycles. The maximum absolute atomic E-state index is 12.9. The summed E-state index contributed by atoms with van der Waals surface area (Å²) in [7, 11) is -3.39. The molecule has 3 aromatic rings. The zero-order valence-electron chi connectivity index (χ0n) is 16.2. The first-order valence-electron chi connectivity index (χ1n) is 9.06. The first-order chi connectivity index (χ1) is 14.2. The van der Waals surface area contributed by atoms with E-state index in [4.69, 9.17) is 5.73 Å². The lowest BCUT2D eigenvalue weighted by atomic mass is 9.98. The molecule has 0 spiro atoms. The fourth-order valence-corrected chi connectivity index (χ4v) is 3.67. The topological polar surface area (TPSA) is 118 Å². The highest BCUT2D eigenvalue weighted by Crippen LogP contribution is 2.25. The standard InChI is InChI=1S/C22H21N3O4S/c1-30(28,29)19-9-5-8-17(14-19)20(15-6-3-2-4-7-15)25-21(26)16-10-12-18(13-11-16)24-22(23)27/h2-14,20H,1H3,(H,25,26)(H3,23,24,27). The highest BCUT2D eigenvalue weighted by Gasteiger charge is 2.19. The van der Waals surface area contributed by atoms with Crippen LogP contribution in [0.25, 0.3) is 0 Å². The third-order valence-corrected chi connectivity index (χ3v) is 5.55. The normalized spacial score (nSPS) is 12.0. The average Bonchev–Trinajstić information content (AvgIpc) is 2.72. The van der Waals surface area contributed by atoms with Crippen LogP contribution in [0.4, 0.5) is 10.5 Å². The van der Waals surface area contributed by atoms with E-state index in [1.165, 1.54) is 6.07 Å². The molecule has 0 saturated carbocycles. The van der Waals surface area contributed by atoms with Gasteiger partial charge in [0.1, 0.15) is 0 Å². The Bertz CT molecular complexity index is 1160. The number of nitrogens with two attached hydrogens (primary N) is 1. The van der Waals surface area contributed by atoms with Gasteiger partial charge in [-0.15, -0.1) is 0 Å². The van der Waals surface area contributed by atoms with Crippen LogP contribution in [0.5, 0.6) is 0 Å². The monoisotopic (exact) mass is 423 g/mol. The van der Waals surface area contributed by atoms with Crippen LogP contribution in [0.1, 0.15) is 27.5 Å². The molecule has 30 heavy (non-hydrogen) atoms. The van der Waals surface area contributed by atoms with Gasteiger partial charge in [0.2, 0.25) is 0 Å². The number of urea groups is 1. The van der Waals surface area contributed by atoms with Gasteiger partial charge in [-0.3, -0.25) is 4.79 Å². The predicted octanol–water partition coefficient (Wildman–Crippen LogP) is 3.10. The van der Waals surface area contributed by atoms with E-state index in [-0.39, 0.29) is 10.8 Å². The number of sulfone groups is 1. The molecule has 8 heteroatoms. The molecule has 4 N–H and O–H groups in total. The summed E-state index contributed by atoms with van der Waals surface area (Å²) in [6.07, 6.45) is 1.14. The van der Waals surface area contributed by atoms with Crippen LogP contribution < -0.4 is 16.4 Å². The van der Waals surface area contributed by atoms with Gasteiger partial charge in [-0.05, 0) is 47.5 Å². The Balaban J connectivity index is 1.93. The van der Waals surface area contributed by atoms with Gasteiger partial charge in [0.25, 0.3) is 5.91 Å². The van der Waals surface area contributed by atoms with Crippen molar-refractivity contribution in [3.63, 3.8) is 0 Å². The fourth-order valence-electron chi connectivity index (χ4n) is 2.99. The molecule has 154 valence electrons. The van der Waals surface area contributed by atoms with Crippen molar-refractivity contribution in [1.29, 1.82) is 0 Å². The number of rotatable bonds is 6. The van der Waals surface area contributed by atoms with Crippen molar-refractivity contribution in [3.05, 3.63) is 95.6 Å². The van der Waals surface area contributed by atoms with Gasteiger partial charge >= 0.3 is 6.03 Å². The average molecular weight is 423 g/mol. The van der Waals surface area contributed by atoms with Crippen LogP contribution in [-0.2, 0) is 9.84 Å². The summed E-state index contributed by atoms with van der Waals surface area (Å²) in [5.74, 6) is -0.348. The molecule has 0 aliphatic heterocycles. The van der Waals surface area contributed by atoms with E-state index < -0.39 is 21.9 Å². The van der Waals surface area contributed by atoms with Crippen LogP contribution in [0.15, 0.2) is 83.8 Å². The van der Waals surface area contributed by atoms with E-state index in [0.29, 0.717) is 16.8 Å². The number of hydrogen-bond donors (Lipinski definition) is 3. The Morgan fingerprint density at radius 2 is 1.50 bits per heavy atom. The Labute approximate surface area is 174 Å². The van der Waals surface area contributed by atoms with Gasteiger partial charge in [-0.2, -0.15) is 0 Å². The second-order valence-electron chi connectivity index (χ2n) is 6.73. The summed E-state index contributed by atoms with van der Waals surface area (Å²) in [6, 6.07) is 20.8. The first kappa shape index (κ1) is 21.1. The van der Waals surface area contributed by atoms with E-state index in [1.807, 2.05) is 30.3 Å². The number of carbonyl (C=O) groups is 2. The molecular formula is C22H21N3O4S.